The predicted octanol–water partition coefficient (Wildman–Crippen LogP) is 17.8. The molecule has 0 aliphatic heterocycles. The van der Waals surface area contributed by atoms with Gasteiger partial charge in [0.2, 0.25) is 0 Å². The molecular weight excluding hydrogens is 639 g/mol. The third-order valence-electron chi connectivity index (χ3n) is 12.9. The van der Waals surface area contributed by atoms with Crippen molar-refractivity contribution in [1.29, 1.82) is 0 Å². The molecular formula is C52H92N+. The number of hydrogen-bond donors (Lipinski definition) is 0. The zero-order valence-corrected chi connectivity index (χ0v) is 36.4. The molecule has 0 saturated heterocycles. The van der Waals surface area contributed by atoms with E-state index in [1.807, 2.05) is 0 Å². The van der Waals surface area contributed by atoms with E-state index in [-0.39, 0.29) is 0 Å². The molecule has 0 fully saturated rings. The van der Waals surface area contributed by atoms with Crippen LogP contribution in [0, 0.1) is 0 Å². The van der Waals surface area contributed by atoms with Gasteiger partial charge in [-0.1, -0.05) is 254 Å². The molecule has 0 aliphatic carbocycles. The number of quaternary nitrogens is 1. The van der Waals surface area contributed by atoms with Crippen LogP contribution in [0.3, 0.4) is 0 Å². The molecule has 0 bridgehead atoms. The van der Waals surface area contributed by atoms with Crippen LogP contribution >= 0.6 is 0 Å². The molecule has 53 heavy (non-hydrogen) atoms. The van der Waals surface area contributed by atoms with E-state index in [2.05, 4.69) is 88.4 Å². The summed E-state index contributed by atoms with van der Waals surface area (Å²) in [5.74, 6) is 0. The highest BCUT2D eigenvalue weighted by atomic mass is 15.4. The van der Waals surface area contributed by atoms with Crippen molar-refractivity contribution >= 4 is 0 Å². The number of rotatable bonds is 38. The van der Waals surface area contributed by atoms with Crippen molar-refractivity contribution in [2.45, 2.75) is 245 Å². The van der Waals surface area contributed by atoms with Gasteiger partial charge in [-0.15, -0.1) is 0 Å². The highest BCUT2D eigenvalue weighted by molar-refractivity contribution is 5.20. The summed E-state index contributed by atoms with van der Waals surface area (Å²) in [6, 6.07) is 24.5. The van der Waals surface area contributed by atoms with Gasteiger partial charge in [-0.25, -0.2) is 0 Å². The molecule has 0 radical (unpaired) electrons. The van der Waals surface area contributed by atoms with Crippen molar-refractivity contribution < 1.29 is 4.48 Å². The lowest BCUT2D eigenvalue weighted by molar-refractivity contribution is -0.983. The van der Waals surface area contributed by atoms with Gasteiger partial charge in [-0.3, -0.25) is 0 Å². The minimum Gasteiger partial charge on any atom is -0.312 e. The maximum atomic E-state index is 2.49. The lowest BCUT2D eigenvalue weighted by Gasteiger charge is -2.50. The monoisotopic (exact) mass is 731 g/mol. The average Bonchev–Trinajstić information content (AvgIpc) is 3.20. The lowest BCUT2D eigenvalue weighted by Crippen LogP contribution is -2.53. The fourth-order valence-electron chi connectivity index (χ4n) is 9.53. The molecule has 0 amide bonds. The van der Waals surface area contributed by atoms with Gasteiger partial charge < -0.3 is 4.48 Å². The second-order valence-electron chi connectivity index (χ2n) is 17.1. The zero-order valence-electron chi connectivity index (χ0n) is 36.4. The summed E-state index contributed by atoms with van der Waals surface area (Å²) in [7, 11) is 0. The van der Waals surface area contributed by atoms with Crippen molar-refractivity contribution in [1.82, 2.24) is 0 Å². The van der Waals surface area contributed by atoms with Crippen LogP contribution in [0.5, 0.6) is 0 Å². The first-order chi connectivity index (χ1) is 26.2. The summed E-state index contributed by atoms with van der Waals surface area (Å²) in [6.07, 6.45) is 45.6. The first-order valence-corrected chi connectivity index (χ1v) is 24.2. The molecule has 304 valence electrons. The summed E-state index contributed by atoms with van der Waals surface area (Å²) >= 11 is 0. The van der Waals surface area contributed by atoms with Crippen LogP contribution in [0.2, 0.25) is 0 Å². The van der Waals surface area contributed by atoms with Crippen LogP contribution in [-0.4, -0.2) is 17.6 Å². The van der Waals surface area contributed by atoms with E-state index in [0.717, 1.165) is 0 Å². The SMILES string of the molecule is CCCCCCCCCCCCCCCCCC(c1ccccc1)[N+](CC)(CC)C(CCCCCCCCCCCCCCCCC)c1ccccc1. The smallest absolute Gasteiger partial charge is 0.115 e. The zero-order chi connectivity index (χ0) is 37.9. The molecule has 0 saturated carbocycles. The van der Waals surface area contributed by atoms with Crippen LogP contribution < -0.4 is 0 Å². The van der Waals surface area contributed by atoms with E-state index in [0.29, 0.717) is 12.1 Å². The first kappa shape index (κ1) is 47.6. The Bertz CT molecular complexity index is 931. The van der Waals surface area contributed by atoms with E-state index < -0.39 is 0 Å². The molecule has 1 nitrogen and oxygen atoms in total. The molecule has 0 aliphatic rings. The Balaban J connectivity index is 1.83. The Hall–Kier alpha value is -1.60. The van der Waals surface area contributed by atoms with Crippen molar-refractivity contribution in [3.63, 3.8) is 0 Å². The van der Waals surface area contributed by atoms with Crippen molar-refractivity contribution in [2.24, 2.45) is 0 Å². The van der Waals surface area contributed by atoms with E-state index in [4.69, 9.17) is 0 Å². The van der Waals surface area contributed by atoms with Gasteiger partial charge in [0, 0.05) is 24.0 Å². The second kappa shape index (κ2) is 33.7. The Morgan fingerprint density at radius 1 is 0.302 bits per heavy atom. The van der Waals surface area contributed by atoms with Crippen LogP contribution in [-0.2, 0) is 0 Å². The van der Waals surface area contributed by atoms with Gasteiger partial charge in [0.25, 0.3) is 0 Å². The highest BCUT2D eigenvalue weighted by Gasteiger charge is 2.42. The quantitative estimate of drug-likeness (QED) is 0.0477. The van der Waals surface area contributed by atoms with Gasteiger partial charge in [0.1, 0.15) is 12.1 Å². The molecule has 0 spiro atoms. The average molecular weight is 731 g/mol. The Kier molecular flexibility index (Phi) is 30.2. The normalized spacial score (nSPS) is 13.1. The number of hydrogen-bond acceptors (Lipinski definition) is 0. The predicted molar refractivity (Wildman–Crippen MR) is 239 cm³/mol. The Labute approximate surface area is 333 Å². The summed E-state index contributed by atoms with van der Waals surface area (Å²) < 4.78 is 1.20. The molecule has 0 heterocycles. The van der Waals surface area contributed by atoms with Crippen LogP contribution in [0.25, 0.3) is 0 Å². The number of unbranched alkanes of at least 4 members (excludes halogenated alkanes) is 28. The lowest BCUT2D eigenvalue weighted by atomic mass is 9.88. The van der Waals surface area contributed by atoms with E-state index in [1.165, 1.54) is 223 Å². The molecule has 2 unspecified atom stereocenters. The topological polar surface area (TPSA) is 0 Å². The van der Waals surface area contributed by atoms with E-state index >= 15 is 0 Å². The van der Waals surface area contributed by atoms with Crippen LogP contribution in [0.1, 0.15) is 256 Å². The summed E-state index contributed by atoms with van der Waals surface area (Å²) in [4.78, 5) is 0. The number of nitrogens with zero attached hydrogens (tertiary/aromatic N) is 1. The molecule has 2 rings (SSSR count). The minimum atomic E-state index is 0.565. The third-order valence-corrected chi connectivity index (χ3v) is 12.9. The van der Waals surface area contributed by atoms with Gasteiger partial charge in [0.15, 0.2) is 0 Å². The third kappa shape index (κ3) is 21.3. The molecule has 0 N–H and O–H groups in total. The molecule has 2 atom stereocenters. The largest absolute Gasteiger partial charge is 0.312 e. The highest BCUT2D eigenvalue weighted by Crippen LogP contribution is 2.44. The van der Waals surface area contributed by atoms with Crippen molar-refractivity contribution in [3.05, 3.63) is 71.8 Å². The molecule has 0 aromatic heterocycles. The van der Waals surface area contributed by atoms with Crippen LogP contribution in [0.4, 0.5) is 0 Å². The van der Waals surface area contributed by atoms with Gasteiger partial charge >= 0.3 is 0 Å². The number of benzene rings is 2. The standard InChI is InChI=1S/C52H92N/c1-5-9-11-13-15-17-19-21-23-25-27-29-31-33-41-47-51(49-43-37-35-38-44-49)53(7-3,8-4)52(50-45-39-36-40-46-50)48-42-34-32-30-28-26-24-22-20-18-16-14-12-10-6-2/h35-40,43-46,51-52H,5-34,41-42,47-48H2,1-4H3/q+1. The molecule has 2 aromatic carbocycles. The van der Waals surface area contributed by atoms with Gasteiger partial charge in [-0.05, 0) is 26.7 Å². The molecule has 1 heteroatoms. The molecule has 2 aromatic rings. The van der Waals surface area contributed by atoms with E-state index in [1.54, 1.807) is 11.1 Å². The van der Waals surface area contributed by atoms with Crippen molar-refractivity contribution in [3.8, 4) is 0 Å². The summed E-state index contributed by atoms with van der Waals surface area (Å²) in [6.45, 7) is 12.0. The summed E-state index contributed by atoms with van der Waals surface area (Å²) in [5, 5.41) is 0. The maximum Gasteiger partial charge on any atom is 0.115 e. The van der Waals surface area contributed by atoms with Gasteiger partial charge in [0.05, 0.1) is 13.1 Å². The van der Waals surface area contributed by atoms with E-state index in [9.17, 15) is 0 Å². The maximum absolute atomic E-state index is 2.49. The first-order valence-electron chi connectivity index (χ1n) is 24.2. The minimum absolute atomic E-state index is 0.565. The van der Waals surface area contributed by atoms with Crippen LogP contribution in [0.15, 0.2) is 60.7 Å². The Morgan fingerprint density at radius 3 is 0.755 bits per heavy atom. The Morgan fingerprint density at radius 2 is 0.528 bits per heavy atom. The fraction of sp³-hybridized carbons (Fsp3) is 0.769. The van der Waals surface area contributed by atoms with Crippen molar-refractivity contribution in [2.75, 3.05) is 13.1 Å². The fourth-order valence-corrected chi connectivity index (χ4v) is 9.53. The second-order valence-corrected chi connectivity index (χ2v) is 17.1. The van der Waals surface area contributed by atoms with Gasteiger partial charge in [-0.2, -0.15) is 0 Å². The summed E-state index contributed by atoms with van der Waals surface area (Å²) in [5.41, 5.74) is 3.14.